The molecule has 204 valence electrons. The van der Waals surface area contributed by atoms with Gasteiger partial charge in [-0.1, -0.05) is 0 Å². The zero-order chi connectivity index (χ0) is 28.0. The highest BCUT2D eigenvalue weighted by molar-refractivity contribution is 5.76. The lowest BCUT2D eigenvalue weighted by Gasteiger charge is -2.42. The van der Waals surface area contributed by atoms with Gasteiger partial charge < -0.3 is 4.90 Å². The van der Waals surface area contributed by atoms with Gasteiger partial charge in [0.1, 0.15) is 0 Å². The molecule has 0 aliphatic rings. The molecule has 19 heteroatoms. The van der Waals surface area contributed by atoms with Crippen molar-refractivity contribution in [3.63, 3.8) is 0 Å². The highest BCUT2D eigenvalue weighted by Gasteiger charge is 2.95. The minimum atomic E-state index is -8.65. The lowest BCUT2D eigenvalue weighted by molar-refractivity contribution is -0.461. The summed E-state index contributed by atoms with van der Waals surface area (Å²) in [6.45, 7) is 1.95. The second-order valence-corrected chi connectivity index (χ2v) is 6.71. The number of rotatable bonds is 11. The maximum Gasteiger partial charge on any atom is 0.460 e. The van der Waals surface area contributed by atoms with E-state index < -0.39 is 66.4 Å². The van der Waals surface area contributed by atoms with E-state index in [9.17, 15) is 79.4 Å². The van der Waals surface area contributed by atoms with Crippen molar-refractivity contribution in [2.75, 3.05) is 13.1 Å². The second-order valence-electron chi connectivity index (χ2n) is 6.71. The van der Waals surface area contributed by atoms with Crippen LogP contribution in [0.1, 0.15) is 26.7 Å². The first-order chi connectivity index (χ1) is 14.7. The van der Waals surface area contributed by atoms with Crippen LogP contribution >= 0.6 is 0 Å². The van der Waals surface area contributed by atoms with E-state index in [1.807, 2.05) is 0 Å². The van der Waals surface area contributed by atoms with E-state index >= 15 is 0 Å². The molecule has 0 spiro atoms. The smallest absolute Gasteiger partial charge is 0.343 e. The molecule has 0 aromatic carbocycles. The van der Waals surface area contributed by atoms with Crippen LogP contribution in [0.3, 0.4) is 0 Å². The van der Waals surface area contributed by atoms with E-state index in [0.29, 0.717) is 4.90 Å². The van der Waals surface area contributed by atoms with Crippen LogP contribution < -0.4 is 0 Å². The number of halogens is 17. The predicted octanol–water partition coefficient (Wildman–Crippen LogP) is 6.64. The minimum Gasteiger partial charge on any atom is -0.343 e. The number of hydrogen-bond donors (Lipinski definition) is 0. The Hall–Kier alpha value is -1.72. The van der Waals surface area contributed by atoms with Gasteiger partial charge in [0.25, 0.3) is 0 Å². The van der Waals surface area contributed by atoms with Gasteiger partial charge in [0, 0.05) is 25.9 Å². The Balaban J connectivity index is 6.42. The van der Waals surface area contributed by atoms with Crippen LogP contribution in [0.4, 0.5) is 74.6 Å². The van der Waals surface area contributed by atoms with Crippen molar-refractivity contribution in [2.24, 2.45) is 0 Å². The van der Waals surface area contributed by atoms with E-state index in [1.54, 1.807) is 0 Å². The van der Waals surface area contributed by atoms with E-state index in [4.69, 9.17) is 0 Å². The van der Waals surface area contributed by atoms with Crippen LogP contribution in [0.25, 0.3) is 0 Å². The van der Waals surface area contributed by atoms with E-state index in [1.165, 1.54) is 13.8 Å². The molecule has 0 fully saturated rings. The fourth-order valence-corrected chi connectivity index (χ4v) is 2.35. The zero-order valence-corrected chi connectivity index (χ0v) is 16.6. The molecule has 0 N–H and O–H groups in total. The van der Waals surface area contributed by atoms with Crippen LogP contribution in [0.5, 0.6) is 0 Å². The van der Waals surface area contributed by atoms with Crippen molar-refractivity contribution in [1.29, 1.82) is 0 Å². The van der Waals surface area contributed by atoms with Crippen molar-refractivity contribution in [3.8, 4) is 0 Å². The van der Waals surface area contributed by atoms with Crippen LogP contribution in [0, 0.1) is 0 Å². The van der Waals surface area contributed by atoms with Crippen molar-refractivity contribution in [3.05, 3.63) is 0 Å². The molecule has 0 aliphatic carbocycles. The molecule has 0 saturated carbocycles. The average Bonchev–Trinajstić information content (AvgIpc) is 2.65. The SMILES string of the molecule is CCN(CC)C(=O)CCC(F)(F)C(F)(F)C(F)(F)C(F)(F)C(F)(F)C(F)(F)C(F)(F)C(F)(F)F. The Kier molecular flexibility index (Phi) is 8.60. The van der Waals surface area contributed by atoms with Crippen molar-refractivity contribution in [2.45, 2.75) is 74.3 Å². The summed E-state index contributed by atoms with van der Waals surface area (Å²) < 4.78 is 223. The fraction of sp³-hybridized carbons (Fsp3) is 0.933. The summed E-state index contributed by atoms with van der Waals surface area (Å²) in [7, 11) is 0. The molecule has 0 radical (unpaired) electrons. The molecule has 34 heavy (non-hydrogen) atoms. The maximum atomic E-state index is 13.7. The van der Waals surface area contributed by atoms with Gasteiger partial charge in [-0.3, -0.25) is 4.79 Å². The Morgan fingerprint density at radius 2 is 0.824 bits per heavy atom. The summed E-state index contributed by atoms with van der Waals surface area (Å²) in [5.74, 6) is -58.0. The van der Waals surface area contributed by atoms with Gasteiger partial charge in [0.05, 0.1) is 0 Å². The highest BCUT2D eigenvalue weighted by atomic mass is 19.4. The first-order valence-electron chi connectivity index (χ1n) is 8.64. The van der Waals surface area contributed by atoms with E-state index in [0.717, 1.165) is 0 Å². The number of nitrogens with zero attached hydrogens (tertiary/aromatic N) is 1. The van der Waals surface area contributed by atoms with Crippen molar-refractivity contribution < 1.29 is 79.4 Å². The average molecular weight is 547 g/mol. The molecule has 0 atom stereocenters. The molecule has 0 aromatic rings. The fourth-order valence-electron chi connectivity index (χ4n) is 2.35. The second kappa shape index (κ2) is 9.05. The van der Waals surface area contributed by atoms with E-state index in [2.05, 4.69) is 0 Å². The van der Waals surface area contributed by atoms with Crippen molar-refractivity contribution >= 4 is 5.91 Å². The molecule has 2 nitrogen and oxygen atoms in total. The topological polar surface area (TPSA) is 20.3 Å². The Morgan fingerprint density at radius 3 is 1.12 bits per heavy atom. The maximum absolute atomic E-state index is 13.7. The molecule has 0 aromatic heterocycles. The molecule has 0 unspecified atom stereocenters. The molecule has 0 rings (SSSR count). The molecule has 0 heterocycles. The van der Waals surface area contributed by atoms with Crippen LogP contribution in [0.2, 0.25) is 0 Å². The molecule has 0 bridgehead atoms. The standard InChI is InChI=1S/C15H14F17NO/c1-3-33(4-2)7(34)5-6-8(16,17)9(18,19)10(20,21)11(22,23)12(24,25)13(26,27)14(28,29)15(30,31)32/h3-6H2,1-2H3. The van der Waals surface area contributed by atoms with Gasteiger partial charge in [-0.05, 0) is 13.8 Å². The van der Waals surface area contributed by atoms with Gasteiger partial charge in [0.15, 0.2) is 0 Å². The predicted molar refractivity (Wildman–Crippen MR) is 77.8 cm³/mol. The normalized spacial score (nSPS) is 15.5. The number of hydrogen-bond acceptors (Lipinski definition) is 1. The number of amides is 1. The van der Waals surface area contributed by atoms with Gasteiger partial charge >= 0.3 is 47.6 Å². The Labute approximate surface area is 179 Å². The quantitative estimate of drug-likeness (QED) is 0.266. The van der Waals surface area contributed by atoms with Gasteiger partial charge in [-0.2, -0.15) is 74.6 Å². The Morgan fingerprint density at radius 1 is 0.529 bits per heavy atom. The third-order valence-corrected chi connectivity index (χ3v) is 4.56. The molecule has 1 amide bonds. The monoisotopic (exact) mass is 547 g/mol. The first kappa shape index (κ1) is 32.3. The number of carbonyl (C=O) groups excluding carboxylic acids is 1. The van der Waals surface area contributed by atoms with Crippen molar-refractivity contribution in [1.82, 2.24) is 4.90 Å². The largest absolute Gasteiger partial charge is 0.460 e. The van der Waals surface area contributed by atoms with Crippen LogP contribution in [-0.4, -0.2) is 71.5 Å². The van der Waals surface area contributed by atoms with Gasteiger partial charge in [-0.15, -0.1) is 0 Å². The third-order valence-electron chi connectivity index (χ3n) is 4.56. The highest BCUT2D eigenvalue weighted by Crippen LogP contribution is 2.64. The number of carbonyl (C=O) groups is 1. The van der Waals surface area contributed by atoms with Gasteiger partial charge in [0.2, 0.25) is 5.91 Å². The summed E-state index contributed by atoms with van der Waals surface area (Å²) in [6.07, 6.45) is -12.3. The number of alkyl halides is 17. The molecule has 0 aliphatic heterocycles. The van der Waals surface area contributed by atoms with Gasteiger partial charge in [-0.25, -0.2) is 0 Å². The third kappa shape index (κ3) is 4.58. The molecular formula is C15H14F17NO. The summed E-state index contributed by atoms with van der Waals surface area (Å²) >= 11 is 0. The summed E-state index contributed by atoms with van der Waals surface area (Å²) in [6, 6.07) is 0. The minimum absolute atomic E-state index is 0.250. The van der Waals surface area contributed by atoms with Crippen LogP contribution in [0.15, 0.2) is 0 Å². The zero-order valence-electron chi connectivity index (χ0n) is 16.6. The lowest BCUT2D eigenvalue weighted by atomic mass is 9.88. The summed E-state index contributed by atoms with van der Waals surface area (Å²) in [5.41, 5.74) is 0. The first-order valence-corrected chi connectivity index (χ1v) is 8.64. The summed E-state index contributed by atoms with van der Waals surface area (Å²) in [5, 5.41) is 0. The van der Waals surface area contributed by atoms with E-state index in [-0.39, 0.29) is 13.1 Å². The molecule has 0 saturated heterocycles. The molecular weight excluding hydrogens is 533 g/mol. The Bertz CT molecular complexity index is 723. The lowest BCUT2D eigenvalue weighted by Crippen LogP contribution is -2.74. The summed E-state index contributed by atoms with van der Waals surface area (Å²) in [4.78, 5) is 12.2. The van der Waals surface area contributed by atoms with Crippen LogP contribution in [-0.2, 0) is 4.79 Å².